The Morgan fingerprint density at radius 3 is 2.63 bits per heavy atom. The predicted octanol–water partition coefficient (Wildman–Crippen LogP) is 1.70. The van der Waals surface area contributed by atoms with Gasteiger partial charge in [-0.2, -0.15) is 4.31 Å². The minimum absolute atomic E-state index is 0.00329. The Labute approximate surface area is 176 Å². The van der Waals surface area contributed by atoms with Crippen LogP contribution in [-0.2, 0) is 27.8 Å². The van der Waals surface area contributed by atoms with Crippen LogP contribution in [0.4, 0.5) is 10.5 Å². The highest BCUT2D eigenvalue weighted by Gasteiger charge is 2.26. The van der Waals surface area contributed by atoms with Crippen molar-refractivity contribution in [2.75, 3.05) is 31.1 Å². The van der Waals surface area contributed by atoms with Crippen LogP contribution in [0.1, 0.15) is 25.2 Å². The van der Waals surface area contributed by atoms with E-state index in [0.717, 1.165) is 11.3 Å². The first-order chi connectivity index (χ1) is 14.3. The fourth-order valence-corrected chi connectivity index (χ4v) is 4.96. The molecule has 3 amide bonds. The maximum absolute atomic E-state index is 12.7. The Balaban J connectivity index is 1.60. The van der Waals surface area contributed by atoms with Crippen LogP contribution >= 0.6 is 0 Å². The van der Waals surface area contributed by atoms with E-state index in [0.29, 0.717) is 31.8 Å². The number of amides is 3. The molecule has 2 heterocycles. The summed E-state index contributed by atoms with van der Waals surface area (Å²) >= 11 is 0. The summed E-state index contributed by atoms with van der Waals surface area (Å²) in [4.78, 5) is 26.2. The third-order valence-corrected chi connectivity index (χ3v) is 7.02. The lowest BCUT2D eigenvalue weighted by Crippen LogP contribution is -2.44. The summed E-state index contributed by atoms with van der Waals surface area (Å²) in [6, 6.07) is 7.80. The first-order valence-electron chi connectivity index (χ1n) is 9.83. The first kappa shape index (κ1) is 21.8. The van der Waals surface area contributed by atoms with E-state index in [9.17, 15) is 18.0 Å². The van der Waals surface area contributed by atoms with Crippen molar-refractivity contribution in [2.24, 2.45) is 0 Å². The molecule has 1 aromatic carbocycles. The molecule has 1 aromatic heterocycles. The van der Waals surface area contributed by atoms with Gasteiger partial charge in [-0.25, -0.2) is 13.2 Å². The minimum atomic E-state index is -3.53. The van der Waals surface area contributed by atoms with E-state index in [2.05, 4.69) is 10.6 Å². The van der Waals surface area contributed by atoms with Gasteiger partial charge in [0.05, 0.1) is 24.2 Å². The molecule has 0 unspecified atom stereocenters. The van der Waals surface area contributed by atoms with Gasteiger partial charge in [-0.3, -0.25) is 10.1 Å². The second kappa shape index (κ2) is 9.31. The van der Waals surface area contributed by atoms with Crippen LogP contribution in [0, 0.1) is 0 Å². The van der Waals surface area contributed by atoms with Crippen LogP contribution < -0.4 is 15.5 Å². The van der Waals surface area contributed by atoms with Crippen LogP contribution in [0.5, 0.6) is 0 Å². The normalized spacial score (nSPS) is 13.4. The van der Waals surface area contributed by atoms with Gasteiger partial charge in [-0.15, -0.1) is 0 Å². The van der Waals surface area contributed by atoms with Crippen LogP contribution in [0.2, 0.25) is 0 Å². The number of fused-ring (bicyclic) bond motifs is 1. The fraction of sp³-hybridized carbons (Fsp3) is 0.400. The number of hydrogen-bond acceptors (Lipinski definition) is 6. The van der Waals surface area contributed by atoms with Gasteiger partial charge in [-0.1, -0.05) is 13.8 Å². The van der Waals surface area contributed by atoms with Gasteiger partial charge >= 0.3 is 6.03 Å². The third kappa shape index (κ3) is 4.82. The number of imide groups is 1. The van der Waals surface area contributed by atoms with E-state index in [1.54, 1.807) is 44.2 Å². The highest BCUT2D eigenvalue weighted by Crippen LogP contribution is 2.30. The summed E-state index contributed by atoms with van der Waals surface area (Å²) in [5.74, 6) is 0.140. The van der Waals surface area contributed by atoms with Crippen molar-refractivity contribution in [1.82, 2.24) is 14.9 Å². The summed E-state index contributed by atoms with van der Waals surface area (Å²) in [6.45, 7) is 5.19. The summed E-state index contributed by atoms with van der Waals surface area (Å²) < 4.78 is 32.0. The SMILES string of the molecule is CCN(CC)S(=O)(=O)c1ccc2c(c1)CCN2CC(=O)NC(=O)NCc1ccco1. The van der Waals surface area contributed by atoms with Gasteiger partial charge in [-0.05, 0) is 42.3 Å². The van der Waals surface area contributed by atoms with E-state index < -0.39 is 22.0 Å². The Kier molecular flexibility index (Phi) is 6.78. The quantitative estimate of drug-likeness (QED) is 0.654. The van der Waals surface area contributed by atoms with Crippen molar-refractivity contribution in [2.45, 2.75) is 31.7 Å². The van der Waals surface area contributed by atoms with E-state index in [1.807, 2.05) is 4.90 Å². The lowest BCUT2D eigenvalue weighted by atomic mass is 10.2. The number of sulfonamides is 1. The molecule has 2 N–H and O–H groups in total. The van der Waals surface area contributed by atoms with Gasteiger partial charge in [0.15, 0.2) is 0 Å². The molecule has 30 heavy (non-hydrogen) atoms. The number of benzene rings is 1. The molecule has 2 aromatic rings. The van der Waals surface area contributed by atoms with Gasteiger partial charge < -0.3 is 14.6 Å². The van der Waals surface area contributed by atoms with Crippen molar-refractivity contribution in [3.8, 4) is 0 Å². The zero-order valence-electron chi connectivity index (χ0n) is 17.1. The molecule has 162 valence electrons. The van der Waals surface area contributed by atoms with E-state index in [-0.39, 0.29) is 18.0 Å². The molecule has 0 atom stereocenters. The van der Waals surface area contributed by atoms with Crippen LogP contribution in [-0.4, -0.2) is 50.8 Å². The largest absolute Gasteiger partial charge is 0.467 e. The van der Waals surface area contributed by atoms with E-state index in [4.69, 9.17) is 4.42 Å². The smallest absolute Gasteiger partial charge is 0.321 e. The topological polar surface area (TPSA) is 112 Å². The average molecular weight is 435 g/mol. The fourth-order valence-electron chi connectivity index (χ4n) is 3.45. The van der Waals surface area contributed by atoms with Gasteiger partial charge in [0.1, 0.15) is 5.76 Å². The molecule has 0 aliphatic carbocycles. The molecular formula is C20H26N4O5S. The zero-order valence-corrected chi connectivity index (χ0v) is 17.9. The Morgan fingerprint density at radius 2 is 1.97 bits per heavy atom. The third-order valence-electron chi connectivity index (χ3n) is 4.98. The van der Waals surface area contributed by atoms with Gasteiger partial charge in [0.2, 0.25) is 15.9 Å². The summed E-state index contributed by atoms with van der Waals surface area (Å²) in [6.07, 6.45) is 2.14. The Morgan fingerprint density at radius 1 is 1.20 bits per heavy atom. The average Bonchev–Trinajstić information content (AvgIpc) is 3.37. The number of anilines is 1. The molecular weight excluding hydrogens is 408 g/mol. The number of nitrogens with zero attached hydrogens (tertiary/aromatic N) is 2. The molecule has 0 fully saturated rings. The minimum Gasteiger partial charge on any atom is -0.467 e. The van der Waals surface area contributed by atoms with Crippen molar-refractivity contribution < 1.29 is 22.4 Å². The lowest BCUT2D eigenvalue weighted by Gasteiger charge is -2.21. The van der Waals surface area contributed by atoms with Crippen molar-refractivity contribution in [3.05, 3.63) is 47.9 Å². The molecule has 0 spiro atoms. The highest BCUT2D eigenvalue weighted by molar-refractivity contribution is 7.89. The number of urea groups is 1. The van der Waals surface area contributed by atoms with Crippen molar-refractivity contribution in [3.63, 3.8) is 0 Å². The molecule has 1 aliphatic heterocycles. The molecule has 3 rings (SSSR count). The molecule has 0 saturated carbocycles. The number of furan rings is 1. The first-order valence-corrected chi connectivity index (χ1v) is 11.3. The van der Waals surface area contributed by atoms with E-state index in [1.165, 1.54) is 10.6 Å². The molecule has 0 radical (unpaired) electrons. The molecule has 0 saturated heterocycles. The number of carbonyl (C=O) groups excluding carboxylic acids is 2. The molecule has 1 aliphatic rings. The Bertz CT molecular complexity index is 1000. The van der Waals surface area contributed by atoms with Crippen molar-refractivity contribution in [1.29, 1.82) is 0 Å². The number of nitrogens with one attached hydrogen (secondary N) is 2. The van der Waals surface area contributed by atoms with Crippen LogP contribution in [0.25, 0.3) is 0 Å². The number of carbonyl (C=O) groups is 2. The lowest BCUT2D eigenvalue weighted by molar-refractivity contribution is -0.118. The summed E-state index contributed by atoms with van der Waals surface area (Å²) in [5.41, 5.74) is 1.68. The van der Waals surface area contributed by atoms with Crippen molar-refractivity contribution >= 4 is 27.6 Å². The number of rotatable bonds is 8. The molecule has 0 bridgehead atoms. The number of hydrogen-bond donors (Lipinski definition) is 2. The highest BCUT2D eigenvalue weighted by atomic mass is 32.2. The maximum atomic E-state index is 12.7. The van der Waals surface area contributed by atoms with Crippen LogP contribution in [0.3, 0.4) is 0 Å². The molecule has 10 heteroatoms. The summed E-state index contributed by atoms with van der Waals surface area (Å²) in [7, 11) is -3.53. The van der Waals surface area contributed by atoms with E-state index >= 15 is 0 Å². The Hall–Kier alpha value is -2.85. The second-order valence-corrected chi connectivity index (χ2v) is 8.80. The van der Waals surface area contributed by atoms with Gasteiger partial charge in [0, 0.05) is 25.3 Å². The van der Waals surface area contributed by atoms with Crippen LogP contribution in [0.15, 0.2) is 45.9 Å². The standard InChI is InChI=1S/C20H26N4O5S/c1-3-24(4-2)30(27,28)17-7-8-18-15(12-17)9-10-23(18)14-19(25)22-20(26)21-13-16-6-5-11-29-16/h5-8,11-12H,3-4,9-10,13-14H2,1-2H3,(H2,21,22,25,26). The van der Waals surface area contributed by atoms with Gasteiger partial charge in [0.25, 0.3) is 0 Å². The maximum Gasteiger partial charge on any atom is 0.321 e. The summed E-state index contributed by atoms with van der Waals surface area (Å²) in [5, 5.41) is 4.84. The molecule has 9 nitrogen and oxygen atoms in total. The zero-order chi connectivity index (χ0) is 21.7. The predicted molar refractivity (Wildman–Crippen MR) is 112 cm³/mol. The second-order valence-electron chi connectivity index (χ2n) is 6.86. The monoisotopic (exact) mass is 434 g/mol.